The highest BCUT2D eigenvalue weighted by Crippen LogP contribution is 2.30. The maximum Gasteiger partial charge on any atom is 0.323 e. The van der Waals surface area contributed by atoms with Gasteiger partial charge in [-0.15, -0.1) is 0 Å². The molecule has 0 aromatic rings. The number of carbonyl (C=O) groups is 1. The summed E-state index contributed by atoms with van der Waals surface area (Å²) in [6.07, 6.45) is 5.70. The monoisotopic (exact) mass is 283 g/mol. The third-order valence-electron chi connectivity index (χ3n) is 5.19. The van der Waals surface area contributed by atoms with Gasteiger partial charge < -0.3 is 20.6 Å². The average Bonchev–Trinajstić information content (AvgIpc) is 2.41. The molecule has 2 unspecified atom stereocenters. The molecule has 2 aliphatic rings. The quantitative estimate of drug-likeness (QED) is 0.805. The van der Waals surface area contributed by atoms with E-state index in [0.717, 1.165) is 25.3 Å². The van der Waals surface area contributed by atoms with Gasteiger partial charge in [0.2, 0.25) is 0 Å². The third kappa shape index (κ3) is 3.71. The number of carboxylic acid groups (broad SMARTS) is 1. The topological polar surface area (TPSA) is 69.8 Å². The number of carboxylic acids is 1. The first-order chi connectivity index (χ1) is 9.40. The summed E-state index contributed by atoms with van der Waals surface area (Å²) >= 11 is 0. The zero-order valence-corrected chi connectivity index (χ0v) is 12.8. The molecule has 0 aromatic carbocycles. The lowest BCUT2D eigenvalue weighted by atomic mass is 9.79. The van der Waals surface area contributed by atoms with Crippen LogP contribution in [0.4, 0.5) is 0 Å². The largest absolute Gasteiger partial charge is 0.480 e. The fourth-order valence-electron chi connectivity index (χ4n) is 3.65. The van der Waals surface area contributed by atoms with Crippen molar-refractivity contribution < 1.29 is 9.90 Å². The van der Waals surface area contributed by atoms with E-state index in [0.29, 0.717) is 18.9 Å². The fourth-order valence-corrected chi connectivity index (χ4v) is 3.65. The Labute approximate surface area is 122 Å². The number of nitrogens with two attached hydrogens (primary N) is 1. The maximum atomic E-state index is 11.3. The highest BCUT2D eigenvalue weighted by Gasteiger charge is 2.40. The molecule has 1 aliphatic heterocycles. The van der Waals surface area contributed by atoms with Crippen LogP contribution in [0.5, 0.6) is 0 Å². The van der Waals surface area contributed by atoms with Crippen LogP contribution < -0.4 is 5.73 Å². The van der Waals surface area contributed by atoms with Gasteiger partial charge in [0.1, 0.15) is 5.54 Å². The van der Waals surface area contributed by atoms with Gasteiger partial charge in [0.05, 0.1) is 0 Å². The van der Waals surface area contributed by atoms with Crippen molar-refractivity contribution in [3.05, 3.63) is 0 Å². The molecule has 1 aliphatic carbocycles. The maximum absolute atomic E-state index is 11.3. The van der Waals surface area contributed by atoms with Crippen LogP contribution in [0.2, 0.25) is 0 Å². The lowest BCUT2D eigenvalue weighted by molar-refractivity contribution is -0.145. The average molecular weight is 283 g/mol. The van der Waals surface area contributed by atoms with Crippen molar-refractivity contribution in [2.24, 2.45) is 11.7 Å². The van der Waals surface area contributed by atoms with E-state index in [9.17, 15) is 9.90 Å². The van der Waals surface area contributed by atoms with Crippen LogP contribution in [0.25, 0.3) is 0 Å². The van der Waals surface area contributed by atoms with E-state index >= 15 is 0 Å². The van der Waals surface area contributed by atoms with Gasteiger partial charge in [-0.3, -0.25) is 4.79 Å². The molecule has 0 bridgehead atoms. The Kier molecular flexibility index (Phi) is 5.04. The molecule has 2 fully saturated rings. The van der Waals surface area contributed by atoms with Gasteiger partial charge in [0.25, 0.3) is 0 Å². The SMILES string of the molecule is CN1CCC(CN(C)C2CCCC(N)(C(=O)O)C2)CC1. The van der Waals surface area contributed by atoms with Gasteiger partial charge in [-0.2, -0.15) is 0 Å². The molecule has 0 radical (unpaired) electrons. The summed E-state index contributed by atoms with van der Waals surface area (Å²) in [7, 11) is 4.31. The molecule has 0 aromatic heterocycles. The van der Waals surface area contributed by atoms with Gasteiger partial charge in [-0.1, -0.05) is 0 Å². The summed E-state index contributed by atoms with van der Waals surface area (Å²) in [4.78, 5) is 16.1. The van der Waals surface area contributed by atoms with Crippen LogP contribution in [0.1, 0.15) is 38.5 Å². The second-order valence-electron chi connectivity index (χ2n) is 6.90. The van der Waals surface area contributed by atoms with Crippen molar-refractivity contribution >= 4 is 5.97 Å². The zero-order valence-electron chi connectivity index (χ0n) is 12.8. The van der Waals surface area contributed by atoms with E-state index in [4.69, 9.17) is 5.73 Å². The summed E-state index contributed by atoms with van der Waals surface area (Å²) in [5, 5.41) is 9.30. The van der Waals surface area contributed by atoms with Gasteiger partial charge in [-0.05, 0) is 71.6 Å². The minimum absolute atomic E-state index is 0.324. The first-order valence-corrected chi connectivity index (χ1v) is 7.82. The fraction of sp³-hybridized carbons (Fsp3) is 0.933. The van der Waals surface area contributed by atoms with Crippen LogP contribution in [0, 0.1) is 5.92 Å². The molecule has 0 amide bonds. The molecule has 1 heterocycles. The molecule has 1 saturated heterocycles. The second kappa shape index (κ2) is 6.41. The van der Waals surface area contributed by atoms with Crippen molar-refractivity contribution in [2.75, 3.05) is 33.7 Å². The van der Waals surface area contributed by atoms with Gasteiger partial charge >= 0.3 is 5.97 Å². The molecule has 3 N–H and O–H groups in total. The zero-order chi connectivity index (χ0) is 14.8. The molecule has 5 nitrogen and oxygen atoms in total. The minimum Gasteiger partial charge on any atom is -0.480 e. The van der Waals surface area contributed by atoms with Crippen molar-refractivity contribution in [1.29, 1.82) is 0 Å². The summed E-state index contributed by atoms with van der Waals surface area (Å²) < 4.78 is 0. The predicted octanol–water partition coefficient (Wildman–Crippen LogP) is 0.985. The summed E-state index contributed by atoms with van der Waals surface area (Å²) in [5.74, 6) is -0.0926. The Morgan fingerprint density at radius 2 is 2.05 bits per heavy atom. The van der Waals surface area contributed by atoms with Crippen molar-refractivity contribution in [3.8, 4) is 0 Å². The Morgan fingerprint density at radius 3 is 2.65 bits per heavy atom. The van der Waals surface area contributed by atoms with Crippen molar-refractivity contribution in [3.63, 3.8) is 0 Å². The highest BCUT2D eigenvalue weighted by atomic mass is 16.4. The van der Waals surface area contributed by atoms with Crippen molar-refractivity contribution in [1.82, 2.24) is 9.80 Å². The number of rotatable bonds is 4. The normalized spacial score (nSPS) is 33.5. The molecule has 0 spiro atoms. The molecule has 20 heavy (non-hydrogen) atoms. The molecule has 2 atom stereocenters. The molecule has 5 heteroatoms. The van der Waals surface area contributed by atoms with Crippen LogP contribution in [0.3, 0.4) is 0 Å². The predicted molar refractivity (Wildman–Crippen MR) is 79.7 cm³/mol. The number of hydrogen-bond acceptors (Lipinski definition) is 4. The van der Waals surface area contributed by atoms with Crippen LogP contribution in [0.15, 0.2) is 0 Å². The second-order valence-corrected chi connectivity index (χ2v) is 6.90. The van der Waals surface area contributed by atoms with Gasteiger partial charge in [0, 0.05) is 12.6 Å². The number of hydrogen-bond donors (Lipinski definition) is 2. The van der Waals surface area contributed by atoms with E-state index in [-0.39, 0.29) is 0 Å². The Bertz CT molecular complexity index is 342. The van der Waals surface area contributed by atoms with Crippen molar-refractivity contribution in [2.45, 2.75) is 50.1 Å². The minimum atomic E-state index is -1.01. The van der Waals surface area contributed by atoms with Crippen LogP contribution in [-0.2, 0) is 4.79 Å². The first kappa shape index (κ1) is 15.7. The standard InChI is InChI=1S/C15H29N3O2/c1-17-8-5-12(6-9-17)11-18(2)13-4-3-7-15(16,10-13)14(19)20/h12-13H,3-11,16H2,1-2H3,(H,19,20). The van der Waals surface area contributed by atoms with E-state index < -0.39 is 11.5 Å². The summed E-state index contributed by atoms with van der Waals surface area (Å²) in [6, 6.07) is 0.324. The number of nitrogens with zero attached hydrogens (tertiary/aromatic N) is 2. The number of likely N-dealkylation sites (tertiary alicyclic amines) is 1. The van der Waals surface area contributed by atoms with E-state index in [1.165, 1.54) is 25.9 Å². The van der Waals surface area contributed by atoms with E-state index in [1.54, 1.807) is 0 Å². The summed E-state index contributed by atoms with van der Waals surface area (Å²) in [6.45, 7) is 3.44. The first-order valence-electron chi connectivity index (χ1n) is 7.82. The Balaban J connectivity index is 1.85. The van der Waals surface area contributed by atoms with Crippen LogP contribution >= 0.6 is 0 Å². The Hall–Kier alpha value is -0.650. The molecule has 116 valence electrons. The lowest BCUT2D eigenvalue weighted by Crippen LogP contribution is -2.55. The molecular formula is C15H29N3O2. The lowest BCUT2D eigenvalue weighted by Gasteiger charge is -2.41. The highest BCUT2D eigenvalue weighted by molar-refractivity contribution is 5.78. The third-order valence-corrected chi connectivity index (χ3v) is 5.19. The number of piperidine rings is 1. The smallest absolute Gasteiger partial charge is 0.323 e. The Morgan fingerprint density at radius 1 is 1.40 bits per heavy atom. The summed E-state index contributed by atoms with van der Waals surface area (Å²) in [5.41, 5.74) is 5.04. The van der Waals surface area contributed by atoms with E-state index in [2.05, 4.69) is 23.9 Å². The van der Waals surface area contributed by atoms with Gasteiger partial charge in [-0.25, -0.2) is 0 Å². The van der Waals surface area contributed by atoms with E-state index in [1.807, 2.05) is 0 Å². The van der Waals surface area contributed by atoms with Gasteiger partial charge in [0.15, 0.2) is 0 Å². The van der Waals surface area contributed by atoms with Crippen LogP contribution in [-0.4, -0.2) is 66.2 Å². The molecule has 2 rings (SSSR count). The molecular weight excluding hydrogens is 254 g/mol. The molecule has 1 saturated carbocycles. The number of aliphatic carboxylic acids is 1.